The second kappa shape index (κ2) is 4.87. The number of hydrogen-bond acceptors (Lipinski definition) is 5. The fourth-order valence-electron chi connectivity index (χ4n) is 1.27. The Hall–Kier alpha value is -0.735. The van der Waals surface area contributed by atoms with E-state index < -0.39 is 22.7 Å². The lowest BCUT2D eigenvalue weighted by atomic mass is 9.84. The number of nitrogens with zero attached hydrogens (tertiary/aromatic N) is 1. The van der Waals surface area contributed by atoms with Crippen LogP contribution in [0.5, 0.6) is 0 Å². The van der Waals surface area contributed by atoms with E-state index in [1.54, 1.807) is 4.81 Å². The van der Waals surface area contributed by atoms with Gasteiger partial charge in [0.2, 0.25) is 0 Å². The van der Waals surface area contributed by atoms with Crippen LogP contribution in [0.2, 0.25) is 6.82 Å². The van der Waals surface area contributed by atoms with Gasteiger partial charge in [-0.25, -0.2) is 0 Å². The van der Waals surface area contributed by atoms with Crippen LogP contribution in [0.25, 0.3) is 0 Å². The molecule has 1 aliphatic rings. The maximum absolute atomic E-state index is 12.0. The Labute approximate surface area is 97.1 Å². The molecule has 0 aromatic rings. The first-order valence-corrected chi connectivity index (χ1v) is 6.16. The summed E-state index contributed by atoms with van der Waals surface area (Å²) < 4.78 is 61.3. The predicted octanol–water partition coefficient (Wildman–Crippen LogP) is 0.553. The molecule has 1 aliphatic heterocycles. The molecule has 0 fully saturated rings. The summed E-state index contributed by atoms with van der Waals surface area (Å²) in [5, 5.41) is 9.18. The summed E-state index contributed by atoms with van der Waals surface area (Å²) in [5.74, 6) is -0.251. The summed E-state index contributed by atoms with van der Waals surface area (Å²) in [7, 11) is -6.33. The molecule has 0 aliphatic carbocycles. The highest BCUT2D eigenvalue weighted by atomic mass is 32.2. The van der Waals surface area contributed by atoms with Crippen molar-refractivity contribution in [2.75, 3.05) is 13.1 Å². The second-order valence-electron chi connectivity index (χ2n) is 3.53. The summed E-state index contributed by atoms with van der Waals surface area (Å²) >= 11 is 0. The van der Waals surface area contributed by atoms with Gasteiger partial charge in [0.05, 0.1) is 0 Å². The van der Waals surface area contributed by atoms with Gasteiger partial charge < -0.3 is 14.0 Å². The third-order valence-corrected chi connectivity index (χ3v) is 3.23. The van der Waals surface area contributed by atoms with Gasteiger partial charge in [-0.05, 0) is 19.4 Å². The monoisotopic (exact) mass is 273 g/mol. The molecule has 0 amide bonds. The standard InChI is InChI=1S/C7H11BF3NO4S/c1-8(13)12-4-2-6(3-5-12)16-17(14,15)7(9,10)11/h2,13H,3-5H2,1H3. The smallest absolute Gasteiger partial charge is 0.437 e. The molecule has 0 spiro atoms. The predicted molar refractivity (Wildman–Crippen MR) is 54.2 cm³/mol. The molecule has 17 heavy (non-hydrogen) atoms. The van der Waals surface area contributed by atoms with Gasteiger partial charge in [-0.15, -0.1) is 0 Å². The van der Waals surface area contributed by atoms with E-state index in [1.165, 1.54) is 12.9 Å². The first-order chi connectivity index (χ1) is 7.63. The van der Waals surface area contributed by atoms with Crippen LogP contribution in [0.4, 0.5) is 13.2 Å². The van der Waals surface area contributed by atoms with Crippen molar-refractivity contribution < 1.29 is 30.8 Å². The Balaban J connectivity index is 2.68. The van der Waals surface area contributed by atoms with Crippen molar-refractivity contribution in [3.05, 3.63) is 11.8 Å². The van der Waals surface area contributed by atoms with Crippen LogP contribution >= 0.6 is 0 Å². The van der Waals surface area contributed by atoms with Crippen molar-refractivity contribution >= 4 is 17.2 Å². The highest BCUT2D eigenvalue weighted by Gasteiger charge is 2.48. The maximum Gasteiger partial charge on any atom is 0.534 e. The van der Waals surface area contributed by atoms with Gasteiger partial charge in [0.1, 0.15) is 5.76 Å². The van der Waals surface area contributed by atoms with Gasteiger partial charge >= 0.3 is 22.7 Å². The fraction of sp³-hybridized carbons (Fsp3) is 0.714. The van der Waals surface area contributed by atoms with Crippen molar-refractivity contribution in [1.82, 2.24) is 4.81 Å². The summed E-state index contributed by atoms with van der Waals surface area (Å²) in [6.07, 6.45) is 1.21. The molecule has 0 aromatic carbocycles. The summed E-state index contributed by atoms with van der Waals surface area (Å²) in [6, 6.07) is 0. The van der Waals surface area contributed by atoms with E-state index in [-0.39, 0.29) is 25.3 Å². The molecule has 1 N–H and O–H groups in total. The highest BCUT2D eigenvalue weighted by molar-refractivity contribution is 7.87. The van der Waals surface area contributed by atoms with E-state index in [0.29, 0.717) is 0 Å². The zero-order valence-corrected chi connectivity index (χ0v) is 9.75. The van der Waals surface area contributed by atoms with E-state index in [4.69, 9.17) is 0 Å². The molecule has 0 aromatic heterocycles. The Morgan fingerprint density at radius 1 is 1.53 bits per heavy atom. The minimum atomic E-state index is -5.58. The molecule has 1 rings (SSSR count). The lowest BCUT2D eigenvalue weighted by molar-refractivity contribution is -0.0524. The molecule has 0 radical (unpaired) electrons. The number of hydrogen-bond donors (Lipinski definition) is 1. The molecular formula is C7H11BF3NO4S. The van der Waals surface area contributed by atoms with Gasteiger partial charge in [0.25, 0.3) is 0 Å². The molecule has 1 heterocycles. The minimum Gasteiger partial charge on any atom is -0.437 e. The first kappa shape index (κ1) is 14.3. The van der Waals surface area contributed by atoms with Crippen LogP contribution in [0.3, 0.4) is 0 Å². The molecule has 0 saturated heterocycles. The molecule has 0 bridgehead atoms. The summed E-state index contributed by atoms with van der Waals surface area (Å²) in [5.41, 5.74) is -5.42. The second-order valence-corrected chi connectivity index (χ2v) is 5.07. The maximum atomic E-state index is 12.0. The third kappa shape index (κ3) is 3.61. The molecule has 10 heteroatoms. The minimum absolute atomic E-state index is 0.000208. The molecule has 0 saturated carbocycles. The van der Waals surface area contributed by atoms with Crippen LogP contribution in [-0.2, 0) is 14.3 Å². The van der Waals surface area contributed by atoms with Gasteiger partial charge in [-0.2, -0.15) is 21.6 Å². The van der Waals surface area contributed by atoms with E-state index in [2.05, 4.69) is 4.18 Å². The zero-order valence-electron chi connectivity index (χ0n) is 8.94. The Morgan fingerprint density at radius 2 is 2.12 bits per heavy atom. The van der Waals surface area contributed by atoms with Crippen molar-refractivity contribution in [3.63, 3.8) is 0 Å². The van der Waals surface area contributed by atoms with Crippen LogP contribution in [0.15, 0.2) is 11.8 Å². The quantitative estimate of drug-likeness (QED) is 0.462. The van der Waals surface area contributed by atoms with Gasteiger partial charge in [-0.1, -0.05) is 0 Å². The van der Waals surface area contributed by atoms with Crippen molar-refractivity contribution in [2.45, 2.75) is 18.8 Å². The lowest BCUT2D eigenvalue weighted by Crippen LogP contribution is -2.40. The lowest BCUT2D eigenvalue weighted by Gasteiger charge is -2.26. The Kier molecular flexibility index (Phi) is 4.10. The fourth-order valence-corrected chi connectivity index (χ4v) is 1.80. The van der Waals surface area contributed by atoms with Crippen molar-refractivity contribution in [2.24, 2.45) is 0 Å². The van der Waals surface area contributed by atoms with Crippen LogP contribution in [0, 0.1) is 0 Å². The highest BCUT2D eigenvalue weighted by Crippen LogP contribution is 2.28. The van der Waals surface area contributed by atoms with Crippen LogP contribution < -0.4 is 0 Å². The van der Waals surface area contributed by atoms with Gasteiger partial charge in [-0.3, -0.25) is 0 Å². The van der Waals surface area contributed by atoms with Crippen LogP contribution in [0.1, 0.15) is 6.42 Å². The topological polar surface area (TPSA) is 66.8 Å². The van der Waals surface area contributed by atoms with Crippen molar-refractivity contribution in [3.8, 4) is 0 Å². The summed E-state index contributed by atoms with van der Waals surface area (Å²) in [6.45, 7) is 1.88. The largest absolute Gasteiger partial charge is 0.534 e. The van der Waals surface area contributed by atoms with Crippen molar-refractivity contribution in [1.29, 1.82) is 0 Å². The van der Waals surface area contributed by atoms with Gasteiger partial charge in [0.15, 0.2) is 0 Å². The van der Waals surface area contributed by atoms with E-state index in [1.807, 2.05) is 0 Å². The summed E-state index contributed by atoms with van der Waals surface area (Å²) in [4.78, 5) is 1.55. The molecule has 0 unspecified atom stereocenters. The molecular weight excluding hydrogens is 262 g/mol. The molecule has 0 atom stereocenters. The number of alkyl halides is 3. The van der Waals surface area contributed by atoms with E-state index >= 15 is 0 Å². The third-order valence-electron chi connectivity index (χ3n) is 2.23. The SMILES string of the molecule is CB(O)N1CC=C(OS(=O)(=O)C(F)(F)F)CC1. The Bertz CT molecular complexity index is 406. The number of rotatable bonds is 3. The molecule has 98 valence electrons. The van der Waals surface area contributed by atoms with E-state index in [0.717, 1.165) is 0 Å². The average molecular weight is 273 g/mol. The Morgan fingerprint density at radius 3 is 2.47 bits per heavy atom. The van der Waals surface area contributed by atoms with E-state index in [9.17, 15) is 26.6 Å². The normalized spacial score (nSPS) is 18.8. The number of halogens is 3. The zero-order chi connectivity index (χ0) is 13.3. The van der Waals surface area contributed by atoms with Crippen LogP contribution in [-0.4, -0.2) is 43.9 Å². The average Bonchev–Trinajstić information content (AvgIpc) is 2.16. The first-order valence-electron chi connectivity index (χ1n) is 4.75. The molecule has 5 nitrogen and oxygen atoms in total. The van der Waals surface area contributed by atoms with Gasteiger partial charge in [0, 0.05) is 13.0 Å².